The monoisotopic (exact) mass is 647 g/mol. The lowest BCUT2D eigenvalue weighted by Crippen LogP contribution is -2.17. The first-order valence-corrected chi connectivity index (χ1v) is 15.2. The normalized spacial score (nSPS) is 11.5. The third kappa shape index (κ3) is 11.1. The topological polar surface area (TPSA) is 104 Å². The zero-order valence-electron chi connectivity index (χ0n) is 27.4. The van der Waals surface area contributed by atoms with Crippen LogP contribution < -0.4 is 5.73 Å². The highest BCUT2D eigenvalue weighted by molar-refractivity contribution is 5.85. The molecule has 0 radical (unpaired) electrons. The Bertz CT molecular complexity index is 1420. The number of nitrogens with two attached hydrogens (primary N) is 1. The van der Waals surface area contributed by atoms with Gasteiger partial charge in [-0.3, -0.25) is 19.6 Å². The summed E-state index contributed by atoms with van der Waals surface area (Å²) in [5.41, 5.74) is 17.0. The molecule has 0 aliphatic heterocycles. The first-order chi connectivity index (χ1) is 21.0. The summed E-state index contributed by atoms with van der Waals surface area (Å²) < 4.78 is 9.99. The minimum atomic E-state index is -0.384. The minimum absolute atomic E-state index is 0. The Morgan fingerprint density at radius 2 is 1.09 bits per heavy atom. The molecule has 46 heavy (non-hydrogen) atoms. The van der Waals surface area contributed by atoms with Gasteiger partial charge < -0.3 is 15.2 Å². The Morgan fingerprint density at radius 3 is 1.52 bits per heavy atom. The number of aryl methyl sites for hydroxylation is 4. The number of nitrogens with zero attached hydrogens (tertiary/aromatic N) is 2. The number of benzene rings is 2. The van der Waals surface area contributed by atoms with E-state index < -0.39 is 0 Å². The van der Waals surface area contributed by atoms with Crippen LogP contribution in [0.3, 0.4) is 0 Å². The number of hydrogen-bond donors (Lipinski definition) is 1. The Labute approximate surface area is 281 Å². The Hall–Kier alpha value is -4.07. The van der Waals surface area contributed by atoms with Gasteiger partial charge in [-0.15, -0.1) is 12.4 Å². The van der Waals surface area contributed by atoms with Gasteiger partial charge >= 0.3 is 11.9 Å². The van der Waals surface area contributed by atoms with Crippen molar-refractivity contribution in [1.82, 2.24) is 9.97 Å². The lowest BCUT2D eigenvalue weighted by atomic mass is 9.94. The van der Waals surface area contributed by atoms with Gasteiger partial charge in [-0.05, 0) is 105 Å². The number of esters is 2. The molecule has 8 heteroatoms. The van der Waals surface area contributed by atoms with E-state index in [-0.39, 0.29) is 50.2 Å². The molecule has 0 saturated heterocycles. The van der Waals surface area contributed by atoms with E-state index in [0.29, 0.717) is 19.6 Å². The summed E-state index contributed by atoms with van der Waals surface area (Å²) in [6.45, 7) is 14.8. The summed E-state index contributed by atoms with van der Waals surface area (Å²) in [5.74, 6) is -0.314. The van der Waals surface area contributed by atoms with Crippen LogP contribution in [0.2, 0.25) is 0 Å². The molecular formula is C38H50ClN3O4. The number of aromatic nitrogens is 2. The van der Waals surface area contributed by atoms with Crippen molar-refractivity contribution < 1.29 is 19.1 Å². The van der Waals surface area contributed by atoms with Crippen LogP contribution in [-0.4, -0.2) is 35.1 Å². The Balaban J connectivity index is 0.000000441. The quantitative estimate of drug-likeness (QED) is 0.172. The summed E-state index contributed by atoms with van der Waals surface area (Å²) in [5, 5.41) is 0. The van der Waals surface area contributed by atoms with Gasteiger partial charge in [-0.1, -0.05) is 50.7 Å². The van der Waals surface area contributed by atoms with Gasteiger partial charge in [0.2, 0.25) is 0 Å². The second-order valence-electron chi connectivity index (χ2n) is 11.0. The molecule has 0 amide bonds. The van der Waals surface area contributed by atoms with Gasteiger partial charge in [0.05, 0.1) is 37.4 Å². The van der Waals surface area contributed by atoms with E-state index in [9.17, 15) is 9.59 Å². The fraction of sp³-hybridized carbons (Fsp3) is 0.368. The number of hydrogen-bond acceptors (Lipinski definition) is 7. The van der Waals surface area contributed by atoms with Crippen LogP contribution in [0.25, 0.3) is 22.5 Å². The maximum atomic E-state index is 11.7. The number of carbonyl (C=O) groups is 2. The predicted octanol–water partition coefficient (Wildman–Crippen LogP) is 8.80. The van der Waals surface area contributed by atoms with E-state index in [0.717, 1.165) is 28.1 Å². The molecule has 0 spiro atoms. The number of pyridine rings is 2. The molecular weight excluding hydrogens is 598 g/mol. The zero-order chi connectivity index (χ0) is 32.2. The second kappa shape index (κ2) is 19.4. The molecule has 0 aliphatic carbocycles. The van der Waals surface area contributed by atoms with Gasteiger partial charge in [0.15, 0.2) is 0 Å². The molecule has 4 rings (SSSR count). The Kier molecular flexibility index (Phi) is 16.9. The van der Waals surface area contributed by atoms with Crippen molar-refractivity contribution in [3.05, 3.63) is 106 Å². The van der Waals surface area contributed by atoms with E-state index in [1.165, 1.54) is 27.8 Å². The van der Waals surface area contributed by atoms with Crippen molar-refractivity contribution in [3.63, 3.8) is 0 Å². The average Bonchev–Trinajstić information content (AvgIpc) is 2.98. The van der Waals surface area contributed by atoms with E-state index in [1.54, 1.807) is 13.1 Å². The molecule has 4 aromatic rings. The summed E-state index contributed by atoms with van der Waals surface area (Å²) in [6, 6.07) is 19.9. The molecule has 0 aliphatic rings. The molecule has 248 valence electrons. The predicted molar refractivity (Wildman–Crippen MR) is 190 cm³/mol. The number of rotatable bonds is 10. The third-order valence-corrected chi connectivity index (χ3v) is 7.51. The van der Waals surface area contributed by atoms with E-state index in [1.807, 2.05) is 44.3 Å². The maximum absolute atomic E-state index is 11.7. The molecule has 0 fully saturated rings. The van der Waals surface area contributed by atoms with Crippen LogP contribution in [0.5, 0.6) is 0 Å². The summed E-state index contributed by atoms with van der Waals surface area (Å²) >= 11 is 0. The standard InChI is InChI=1S/C19H23NO2.C18H22N2O2.CH4.ClH/c1-5-22-18(21)11-15(4)16-9-10-20-17(12-16)19-13(2)7-6-8-14(19)3;1-4-22-17(21)11-15(19)14-8-9-20-16(10-14)18-12(2)6-5-7-13(18)3;;/h6-10,12,15H,5,11H2,1-4H3;5-10,15H,4,11,19H2,1-3H3;1H4;1H. The molecule has 2 aromatic carbocycles. The first kappa shape index (κ1) is 40.0. The van der Waals surface area contributed by atoms with Gasteiger partial charge in [-0.2, -0.15) is 0 Å². The SMILES string of the molecule is C.CCOC(=O)CC(C)c1ccnc(-c2c(C)cccc2C)c1.CCOC(=O)CC(N)c1ccnc(-c2c(C)cccc2C)c1.Cl. The van der Waals surface area contributed by atoms with Crippen molar-refractivity contribution in [2.45, 2.75) is 80.7 Å². The molecule has 2 N–H and O–H groups in total. The van der Waals surface area contributed by atoms with Crippen molar-refractivity contribution in [2.24, 2.45) is 5.73 Å². The van der Waals surface area contributed by atoms with Crippen molar-refractivity contribution in [3.8, 4) is 22.5 Å². The van der Waals surface area contributed by atoms with Crippen molar-refractivity contribution in [2.75, 3.05) is 13.2 Å². The summed E-state index contributed by atoms with van der Waals surface area (Å²) in [6.07, 6.45) is 4.12. The third-order valence-electron chi connectivity index (χ3n) is 7.51. The molecule has 0 saturated carbocycles. The van der Waals surface area contributed by atoms with Crippen molar-refractivity contribution in [1.29, 1.82) is 0 Å². The zero-order valence-corrected chi connectivity index (χ0v) is 28.2. The molecule has 0 bridgehead atoms. The molecule has 7 nitrogen and oxygen atoms in total. The molecule has 2 aromatic heterocycles. The summed E-state index contributed by atoms with van der Waals surface area (Å²) in [4.78, 5) is 32.2. The highest BCUT2D eigenvalue weighted by atomic mass is 35.5. The van der Waals surface area contributed by atoms with E-state index in [4.69, 9.17) is 15.2 Å². The number of ether oxygens (including phenoxy) is 2. The van der Waals surface area contributed by atoms with Crippen LogP contribution >= 0.6 is 12.4 Å². The van der Waals surface area contributed by atoms with E-state index >= 15 is 0 Å². The van der Waals surface area contributed by atoms with Crippen molar-refractivity contribution >= 4 is 24.3 Å². The number of carbonyl (C=O) groups excluding carboxylic acids is 2. The lowest BCUT2D eigenvalue weighted by molar-refractivity contribution is -0.144. The van der Waals surface area contributed by atoms with Gasteiger partial charge in [0, 0.05) is 29.6 Å². The first-order valence-electron chi connectivity index (χ1n) is 15.2. The summed E-state index contributed by atoms with van der Waals surface area (Å²) in [7, 11) is 0. The van der Waals surface area contributed by atoms with Crippen LogP contribution in [0.1, 0.15) is 86.4 Å². The van der Waals surface area contributed by atoms with Crippen LogP contribution in [0, 0.1) is 27.7 Å². The van der Waals surface area contributed by atoms with Gasteiger partial charge in [-0.25, -0.2) is 0 Å². The fourth-order valence-electron chi connectivity index (χ4n) is 5.25. The van der Waals surface area contributed by atoms with Crippen LogP contribution in [-0.2, 0) is 19.1 Å². The Morgan fingerprint density at radius 1 is 0.696 bits per heavy atom. The van der Waals surface area contributed by atoms with Gasteiger partial charge in [0.1, 0.15) is 0 Å². The van der Waals surface area contributed by atoms with Crippen LogP contribution in [0.15, 0.2) is 73.1 Å². The molecule has 2 unspecified atom stereocenters. The van der Waals surface area contributed by atoms with Crippen LogP contribution in [0.4, 0.5) is 0 Å². The lowest BCUT2D eigenvalue weighted by Gasteiger charge is -2.14. The highest BCUT2D eigenvalue weighted by Gasteiger charge is 2.16. The fourth-order valence-corrected chi connectivity index (χ4v) is 5.25. The average molecular weight is 648 g/mol. The number of halogens is 1. The minimum Gasteiger partial charge on any atom is -0.466 e. The molecule has 2 heterocycles. The van der Waals surface area contributed by atoms with Gasteiger partial charge in [0.25, 0.3) is 0 Å². The maximum Gasteiger partial charge on any atom is 0.307 e. The smallest absolute Gasteiger partial charge is 0.307 e. The van der Waals surface area contributed by atoms with E-state index in [2.05, 4.69) is 74.1 Å². The second-order valence-corrected chi connectivity index (χ2v) is 11.0. The highest BCUT2D eigenvalue weighted by Crippen LogP contribution is 2.29. The largest absolute Gasteiger partial charge is 0.466 e. The molecule has 2 atom stereocenters.